The minimum Gasteiger partial charge on any atom is -0.497 e. The van der Waals surface area contributed by atoms with Crippen molar-refractivity contribution in [3.63, 3.8) is 0 Å². The minimum absolute atomic E-state index is 0.333. The van der Waals surface area contributed by atoms with Crippen LogP contribution in [0.25, 0.3) is 0 Å². The molecule has 100 valence electrons. The molecule has 0 amide bonds. The second-order valence-electron chi connectivity index (χ2n) is 4.91. The van der Waals surface area contributed by atoms with Crippen LogP contribution >= 0.6 is 0 Å². The van der Waals surface area contributed by atoms with Gasteiger partial charge in [-0.3, -0.25) is 0 Å². The van der Waals surface area contributed by atoms with Crippen LogP contribution in [0.2, 0.25) is 0 Å². The predicted molar refractivity (Wildman–Crippen MR) is 73.6 cm³/mol. The zero-order chi connectivity index (χ0) is 13.0. The zero-order valence-corrected chi connectivity index (χ0v) is 11.5. The van der Waals surface area contributed by atoms with Crippen molar-refractivity contribution in [2.45, 2.75) is 13.0 Å². The van der Waals surface area contributed by atoms with Crippen LogP contribution in [0, 0.1) is 0 Å². The average Bonchev–Trinajstić information content (AvgIpc) is 2.41. The lowest BCUT2D eigenvalue weighted by molar-refractivity contribution is 0.0899. The molecule has 1 aromatic carbocycles. The molecule has 2 rings (SSSR count). The zero-order valence-electron chi connectivity index (χ0n) is 11.5. The van der Waals surface area contributed by atoms with Gasteiger partial charge in [-0.25, -0.2) is 10.4 Å². The standard InChI is InChI=1S/C14H23N3O/c1-12(13-4-6-14(18-3)7-5-13)15-17-10-8-16(2)9-11-17/h4-7,12,15H,8-11H2,1-3H3. The van der Waals surface area contributed by atoms with E-state index in [2.05, 4.69) is 41.4 Å². The van der Waals surface area contributed by atoms with Gasteiger partial charge in [0.1, 0.15) is 5.75 Å². The van der Waals surface area contributed by atoms with Crippen LogP contribution in [-0.2, 0) is 0 Å². The predicted octanol–water partition coefficient (Wildman–Crippen LogP) is 1.51. The largest absolute Gasteiger partial charge is 0.497 e. The van der Waals surface area contributed by atoms with Gasteiger partial charge in [0.25, 0.3) is 0 Å². The summed E-state index contributed by atoms with van der Waals surface area (Å²) in [5.74, 6) is 0.908. The molecule has 0 bridgehead atoms. The van der Waals surface area contributed by atoms with Gasteiger partial charge >= 0.3 is 0 Å². The molecule has 1 atom stereocenters. The van der Waals surface area contributed by atoms with E-state index < -0.39 is 0 Å². The number of hydrazine groups is 1. The van der Waals surface area contributed by atoms with Crippen molar-refractivity contribution < 1.29 is 4.74 Å². The molecular formula is C14H23N3O. The molecule has 4 nitrogen and oxygen atoms in total. The molecule has 1 unspecified atom stereocenters. The molecule has 4 heteroatoms. The molecule has 0 aliphatic carbocycles. The van der Waals surface area contributed by atoms with E-state index in [4.69, 9.17) is 4.74 Å². The lowest BCUT2D eigenvalue weighted by atomic mass is 10.1. The van der Waals surface area contributed by atoms with Crippen LogP contribution in [0.15, 0.2) is 24.3 Å². The summed E-state index contributed by atoms with van der Waals surface area (Å²) in [6.45, 7) is 6.61. The lowest BCUT2D eigenvalue weighted by Crippen LogP contribution is -2.51. The van der Waals surface area contributed by atoms with E-state index in [1.807, 2.05) is 12.1 Å². The number of likely N-dealkylation sites (N-methyl/N-ethyl adjacent to an activating group) is 1. The Labute approximate surface area is 109 Å². The quantitative estimate of drug-likeness (QED) is 0.875. The number of nitrogens with zero attached hydrogens (tertiary/aromatic N) is 2. The summed E-state index contributed by atoms with van der Waals surface area (Å²) >= 11 is 0. The molecule has 1 aliphatic rings. The Balaban J connectivity index is 1.88. The van der Waals surface area contributed by atoms with Gasteiger partial charge in [0, 0.05) is 32.2 Å². The molecule has 0 saturated carbocycles. The third kappa shape index (κ3) is 3.45. The van der Waals surface area contributed by atoms with Crippen LogP contribution in [-0.4, -0.2) is 50.2 Å². The van der Waals surface area contributed by atoms with Gasteiger partial charge in [0.15, 0.2) is 0 Å². The van der Waals surface area contributed by atoms with Crippen molar-refractivity contribution in [2.24, 2.45) is 0 Å². The highest BCUT2D eigenvalue weighted by molar-refractivity contribution is 5.28. The molecule has 0 radical (unpaired) electrons. The van der Waals surface area contributed by atoms with E-state index in [9.17, 15) is 0 Å². The van der Waals surface area contributed by atoms with Gasteiger partial charge in [-0.05, 0) is 31.7 Å². The Morgan fingerprint density at radius 2 is 1.72 bits per heavy atom. The van der Waals surface area contributed by atoms with Crippen molar-refractivity contribution in [2.75, 3.05) is 40.3 Å². The normalized spacial score (nSPS) is 19.7. The average molecular weight is 249 g/mol. The van der Waals surface area contributed by atoms with Crippen molar-refractivity contribution in [3.05, 3.63) is 29.8 Å². The molecule has 1 fully saturated rings. The first-order chi connectivity index (χ1) is 8.69. The van der Waals surface area contributed by atoms with Gasteiger partial charge in [-0.1, -0.05) is 12.1 Å². The number of ether oxygens (including phenoxy) is 1. The molecule has 0 aromatic heterocycles. The number of piperazine rings is 1. The summed E-state index contributed by atoms with van der Waals surface area (Å²) in [7, 11) is 3.87. The molecular weight excluding hydrogens is 226 g/mol. The highest BCUT2D eigenvalue weighted by Crippen LogP contribution is 2.17. The van der Waals surface area contributed by atoms with E-state index in [1.54, 1.807) is 7.11 Å². The third-order valence-corrected chi connectivity index (χ3v) is 3.50. The van der Waals surface area contributed by atoms with E-state index in [1.165, 1.54) is 5.56 Å². The number of methoxy groups -OCH3 is 1. The van der Waals surface area contributed by atoms with Gasteiger partial charge in [-0.2, -0.15) is 0 Å². The number of hydrogen-bond acceptors (Lipinski definition) is 4. The molecule has 1 heterocycles. The van der Waals surface area contributed by atoms with Crippen LogP contribution in [0.1, 0.15) is 18.5 Å². The van der Waals surface area contributed by atoms with E-state index in [-0.39, 0.29) is 0 Å². The highest BCUT2D eigenvalue weighted by Gasteiger charge is 2.16. The first-order valence-electron chi connectivity index (χ1n) is 6.52. The van der Waals surface area contributed by atoms with E-state index in [0.29, 0.717) is 6.04 Å². The first-order valence-corrected chi connectivity index (χ1v) is 6.52. The SMILES string of the molecule is COc1ccc(C(C)NN2CCN(C)CC2)cc1. The summed E-state index contributed by atoms with van der Waals surface area (Å²) in [5, 5.41) is 2.31. The van der Waals surface area contributed by atoms with Crippen molar-refractivity contribution in [1.29, 1.82) is 0 Å². The fourth-order valence-corrected chi connectivity index (χ4v) is 2.18. The molecule has 1 aromatic rings. The van der Waals surface area contributed by atoms with Gasteiger partial charge < -0.3 is 9.64 Å². The van der Waals surface area contributed by atoms with Gasteiger partial charge in [0.05, 0.1) is 7.11 Å². The van der Waals surface area contributed by atoms with Crippen LogP contribution in [0.4, 0.5) is 0 Å². The molecule has 0 spiro atoms. The number of benzene rings is 1. The smallest absolute Gasteiger partial charge is 0.118 e. The van der Waals surface area contributed by atoms with Crippen molar-refractivity contribution >= 4 is 0 Å². The summed E-state index contributed by atoms with van der Waals surface area (Å²) in [4.78, 5) is 2.36. The van der Waals surface area contributed by atoms with E-state index >= 15 is 0 Å². The number of rotatable bonds is 4. The van der Waals surface area contributed by atoms with Crippen molar-refractivity contribution in [1.82, 2.24) is 15.3 Å². The second kappa shape index (κ2) is 6.18. The maximum Gasteiger partial charge on any atom is 0.118 e. The topological polar surface area (TPSA) is 27.7 Å². The van der Waals surface area contributed by atoms with Crippen LogP contribution < -0.4 is 10.2 Å². The summed E-state index contributed by atoms with van der Waals surface area (Å²) < 4.78 is 5.17. The maximum atomic E-state index is 5.17. The molecule has 18 heavy (non-hydrogen) atoms. The lowest BCUT2D eigenvalue weighted by Gasteiger charge is -2.34. The van der Waals surface area contributed by atoms with Gasteiger partial charge in [-0.15, -0.1) is 0 Å². The second-order valence-corrected chi connectivity index (χ2v) is 4.91. The van der Waals surface area contributed by atoms with Crippen LogP contribution in [0.3, 0.4) is 0 Å². The minimum atomic E-state index is 0.333. The van der Waals surface area contributed by atoms with Crippen LogP contribution in [0.5, 0.6) is 5.75 Å². The van der Waals surface area contributed by atoms with Gasteiger partial charge in [0.2, 0.25) is 0 Å². The fraction of sp³-hybridized carbons (Fsp3) is 0.571. The summed E-state index contributed by atoms with van der Waals surface area (Å²) in [6, 6.07) is 8.59. The number of nitrogens with one attached hydrogen (secondary N) is 1. The maximum absolute atomic E-state index is 5.17. The Hall–Kier alpha value is -1.10. The van der Waals surface area contributed by atoms with Crippen molar-refractivity contribution in [3.8, 4) is 5.75 Å². The third-order valence-electron chi connectivity index (χ3n) is 3.50. The Kier molecular flexibility index (Phi) is 4.58. The Bertz CT molecular complexity index is 358. The summed E-state index contributed by atoms with van der Waals surface area (Å²) in [5.41, 5.74) is 4.85. The Morgan fingerprint density at radius 3 is 2.28 bits per heavy atom. The summed E-state index contributed by atoms with van der Waals surface area (Å²) in [6.07, 6.45) is 0. The first kappa shape index (κ1) is 13.3. The number of hydrogen-bond donors (Lipinski definition) is 1. The van der Waals surface area contributed by atoms with E-state index in [0.717, 1.165) is 31.9 Å². The molecule has 1 N–H and O–H groups in total. The highest BCUT2D eigenvalue weighted by atomic mass is 16.5. The Morgan fingerprint density at radius 1 is 1.11 bits per heavy atom. The molecule has 1 saturated heterocycles. The fourth-order valence-electron chi connectivity index (χ4n) is 2.18. The monoisotopic (exact) mass is 249 g/mol. The molecule has 1 aliphatic heterocycles.